The van der Waals surface area contributed by atoms with Crippen LogP contribution in [0.1, 0.15) is 22.7 Å². The molecule has 1 aromatic heterocycles. The van der Waals surface area contributed by atoms with E-state index < -0.39 is 12.0 Å². The van der Waals surface area contributed by atoms with Crippen LogP contribution < -0.4 is 14.8 Å². The summed E-state index contributed by atoms with van der Waals surface area (Å²) in [6.07, 6.45) is 1.42. The third-order valence-electron chi connectivity index (χ3n) is 6.04. The Morgan fingerprint density at radius 1 is 0.974 bits per heavy atom. The van der Waals surface area contributed by atoms with Crippen molar-refractivity contribution in [3.63, 3.8) is 0 Å². The Kier molecular flexibility index (Phi) is 7.46. The topological polar surface area (TPSA) is 87.5 Å². The molecule has 0 radical (unpaired) electrons. The van der Waals surface area contributed by atoms with Crippen LogP contribution in [0, 0.1) is 0 Å². The summed E-state index contributed by atoms with van der Waals surface area (Å²) in [5, 5.41) is 9.21. The number of benzene rings is 3. The Morgan fingerprint density at radius 2 is 1.74 bits per heavy atom. The lowest BCUT2D eigenvalue weighted by atomic mass is 9.92. The molecule has 0 saturated heterocycles. The molecular formula is C27H21Cl3N4O4. The minimum absolute atomic E-state index is 0.209. The zero-order chi connectivity index (χ0) is 26.8. The van der Waals surface area contributed by atoms with Gasteiger partial charge in [-0.1, -0.05) is 59.1 Å². The Labute approximate surface area is 233 Å². The maximum absolute atomic E-state index is 13.2. The Balaban J connectivity index is 1.56. The number of esters is 1. The summed E-state index contributed by atoms with van der Waals surface area (Å²) in [6.45, 7) is 0.209. The first-order chi connectivity index (χ1) is 18.4. The van der Waals surface area contributed by atoms with Crippen LogP contribution in [0.3, 0.4) is 0 Å². The minimum Gasteiger partial charge on any atom is -0.493 e. The van der Waals surface area contributed by atoms with E-state index in [1.807, 2.05) is 18.2 Å². The van der Waals surface area contributed by atoms with Crippen molar-refractivity contribution in [2.75, 3.05) is 19.5 Å². The van der Waals surface area contributed by atoms with Crippen LogP contribution in [-0.4, -0.2) is 35.0 Å². The monoisotopic (exact) mass is 570 g/mol. The summed E-state index contributed by atoms with van der Waals surface area (Å²) >= 11 is 18.4. The highest BCUT2D eigenvalue weighted by molar-refractivity contribution is 6.35. The largest absolute Gasteiger partial charge is 0.493 e. The van der Waals surface area contributed by atoms with Gasteiger partial charge in [-0.3, -0.25) is 0 Å². The lowest BCUT2D eigenvalue weighted by Crippen LogP contribution is -2.29. The van der Waals surface area contributed by atoms with Gasteiger partial charge in [0.15, 0.2) is 11.5 Å². The van der Waals surface area contributed by atoms with Crippen molar-refractivity contribution < 1.29 is 19.0 Å². The van der Waals surface area contributed by atoms with Crippen LogP contribution >= 0.6 is 34.8 Å². The highest BCUT2D eigenvalue weighted by Gasteiger charge is 2.36. The van der Waals surface area contributed by atoms with E-state index in [9.17, 15) is 4.79 Å². The number of aromatic nitrogens is 3. The molecule has 0 saturated carbocycles. The Hall–Kier alpha value is -3.72. The quantitative estimate of drug-likeness (QED) is 0.256. The lowest BCUT2D eigenvalue weighted by Gasteiger charge is -2.29. The zero-order valence-electron chi connectivity index (χ0n) is 20.2. The fourth-order valence-corrected chi connectivity index (χ4v) is 4.80. The molecule has 1 atom stereocenters. The Morgan fingerprint density at radius 3 is 2.45 bits per heavy atom. The summed E-state index contributed by atoms with van der Waals surface area (Å²) in [7, 11) is 2.88. The van der Waals surface area contributed by atoms with Crippen molar-refractivity contribution >= 4 is 52.4 Å². The number of carbonyl (C=O) groups excluding carboxylic acids is 1. The molecule has 0 aliphatic carbocycles. The minimum atomic E-state index is -0.666. The van der Waals surface area contributed by atoms with Crippen LogP contribution in [-0.2, 0) is 16.1 Å². The van der Waals surface area contributed by atoms with Gasteiger partial charge in [0.25, 0.3) is 0 Å². The van der Waals surface area contributed by atoms with E-state index in [0.29, 0.717) is 49.3 Å². The summed E-state index contributed by atoms with van der Waals surface area (Å²) in [5.41, 5.74) is 3.10. The van der Waals surface area contributed by atoms with Crippen LogP contribution in [0.2, 0.25) is 15.1 Å². The molecule has 8 nitrogen and oxygen atoms in total. The molecule has 194 valence electrons. The first-order valence-corrected chi connectivity index (χ1v) is 12.5. The summed E-state index contributed by atoms with van der Waals surface area (Å²) in [4.78, 5) is 17.5. The predicted octanol–water partition coefficient (Wildman–Crippen LogP) is 6.43. The second-order valence-corrected chi connectivity index (χ2v) is 9.56. The number of ether oxygens (including phenoxy) is 3. The number of nitrogens with zero attached hydrogens (tertiary/aromatic N) is 3. The molecule has 0 bridgehead atoms. The summed E-state index contributed by atoms with van der Waals surface area (Å²) < 4.78 is 18.5. The highest BCUT2D eigenvalue weighted by atomic mass is 35.5. The fraction of sp³-hybridized carbons (Fsp3) is 0.148. The van der Waals surface area contributed by atoms with Gasteiger partial charge in [-0.05, 0) is 47.5 Å². The predicted molar refractivity (Wildman–Crippen MR) is 146 cm³/mol. The number of hydrogen-bond acceptors (Lipinski definition) is 7. The smallest absolute Gasteiger partial charge is 0.338 e. The maximum Gasteiger partial charge on any atom is 0.338 e. The molecule has 3 aromatic carbocycles. The van der Waals surface area contributed by atoms with Gasteiger partial charge in [0.05, 0.1) is 25.5 Å². The average Bonchev–Trinajstić information content (AvgIpc) is 3.40. The van der Waals surface area contributed by atoms with E-state index >= 15 is 0 Å². The molecule has 2 heterocycles. The molecule has 5 rings (SSSR count). The SMILES string of the molecule is COC(=O)C1=C(c2ccc(Cl)cc2)Nc2ncnn2[C@H]1c1ccc(OCc2ccc(Cl)cc2Cl)c(OC)c1. The number of fused-ring (bicyclic) bond motifs is 1. The van der Waals surface area contributed by atoms with E-state index in [2.05, 4.69) is 15.4 Å². The number of hydrogen-bond donors (Lipinski definition) is 1. The summed E-state index contributed by atoms with van der Waals surface area (Å²) in [5.74, 6) is 0.899. The lowest BCUT2D eigenvalue weighted by molar-refractivity contribution is -0.136. The van der Waals surface area contributed by atoms with Gasteiger partial charge in [-0.2, -0.15) is 10.1 Å². The average molecular weight is 572 g/mol. The van der Waals surface area contributed by atoms with Crippen LogP contribution in [0.5, 0.6) is 11.5 Å². The number of methoxy groups -OCH3 is 2. The third kappa shape index (κ3) is 5.03. The number of anilines is 1. The van der Waals surface area contributed by atoms with Crippen molar-refractivity contribution in [1.82, 2.24) is 14.8 Å². The second-order valence-electron chi connectivity index (χ2n) is 8.28. The second kappa shape index (κ2) is 10.9. The molecular weight excluding hydrogens is 551 g/mol. The Bertz CT molecular complexity index is 1540. The summed E-state index contributed by atoms with van der Waals surface area (Å²) in [6, 6.07) is 17.1. The van der Waals surface area contributed by atoms with Crippen LogP contribution in [0.25, 0.3) is 5.70 Å². The number of carbonyl (C=O) groups is 1. The first kappa shape index (κ1) is 25.9. The van der Waals surface area contributed by atoms with E-state index in [-0.39, 0.29) is 6.61 Å². The molecule has 38 heavy (non-hydrogen) atoms. The molecule has 1 aliphatic rings. The molecule has 0 spiro atoms. The number of halogens is 3. The van der Waals surface area contributed by atoms with Gasteiger partial charge in [-0.15, -0.1) is 0 Å². The number of nitrogens with one attached hydrogen (secondary N) is 1. The maximum atomic E-state index is 13.2. The van der Waals surface area contributed by atoms with Crippen molar-refractivity contribution in [2.45, 2.75) is 12.6 Å². The van der Waals surface area contributed by atoms with Crippen molar-refractivity contribution in [3.05, 3.63) is 104 Å². The molecule has 1 aliphatic heterocycles. The first-order valence-electron chi connectivity index (χ1n) is 11.4. The highest BCUT2D eigenvalue weighted by Crippen LogP contribution is 2.41. The normalized spacial score (nSPS) is 14.5. The van der Waals surface area contributed by atoms with Crippen molar-refractivity contribution in [2.24, 2.45) is 0 Å². The molecule has 1 N–H and O–H groups in total. The molecule has 0 amide bonds. The van der Waals surface area contributed by atoms with Gasteiger partial charge in [0, 0.05) is 20.6 Å². The van der Waals surface area contributed by atoms with Crippen molar-refractivity contribution in [3.8, 4) is 11.5 Å². The van der Waals surface area contributed by atoms with Gasteiger partial charge < -0.3 is 19.5 Å². The van der Waals surface area contributed by atoms with Crippen LogP contribution in [0.15, 0.2) is 72.6 Å². The van der Waals surface area contributed by atoms with E-state index in [1.54, 1.807) is 54.3 Å². The van der Waals surface area contributed by atoms with E-state index in [0.717, 1.165) is 11.1 Å². The fourth-order valence-electron chi connectivity index (χ4n) is 4.21. The standard InChI is InChI=1S/C27H21Cl3N4O4/c1-36-22-11-16(6-10-21(22)38-13-17-5-9-19(29)12-20(17)30)25-23(26(35)37-2)24(15-3-7-18(28)8-4-15)33-27-31-14-32-34(25)27/h3-12,14,25H,13H2,1-2H3,(H,31,32,33)/t25-/m0/s1. The van der Waals surface area contributed by atoms with Gasteiger partial charge in [-0.25, -0.2) is 9.48 Å². The molecule has 4 aromatic rings. The zero-order valence-corrected chi connectivity index (χ0v) is 22.5. The van der Waals surface area contributed by atoms with E-state index in [1.165, 1.54) is 13.4 Å². The molecule has 0 fully saturated rings. The van der Waals surface area contributed by atoms with E-state index in [4.69, 9.17) is 49.0 Å². The molecule has 0 unspecified atom stereocenters. The third-order valence-corrected chi connectivity index (χ3v) is 6.88. The van der Waals surface area contributed by atoms with Crippen LogP contribution in [0.4, 0.5) is 5.95 Å². The van der Waals surface area contributed by atoms with Gasteiger partial charge in [0.1, 0.15) is 19.0 Å². The number of rotatable bonds is 7. The van der Waals surface area contributed by atoms with Gasteiger partial charge in [0.2, 0.25) is 5.95 Å². The van der Waals surface area contributed by atoms with Gasteiger partial charge >= 0.3 is 5.97 Å². The molecule has 11 heteroatoms. The van der Waals surface area contributed by atoms with Crippen molar-refractivity contribution in [1.29, 1.82) is 0 Å².